The van der Waals surface area contributed by atoms with Crippen molar-refractivity contribution < 1.29 is 19.2 Å². The van der Waals surface area contributed by atoms with Crippen LogP contribution in [0.5, 0.6) is 5.75 Å². The highest BCUT2D eigenvalue weighted by atomic mass is 35.5. The third kappa shape index (κ3) is 2.36. The van der Waals surface area contributed by atoms with Crippen LogP contribution in [-0.2, 0) is 0 Å². The average Bonchev–Trinajstić information content (AvgIpc) is 2.82. The minimum atomic E-state index is -1.10. The Labute approximate surface area is 121 Å². The number of ether oxygens (including phenoxy) is 1. The fourth-order valence-corrected chi connectivity index (χ4v) is 2.23. The molecule has 0 aliphatic carbocycles. The lowest BCUT2D eigenvalue weighted by atomic mass is 10.0. The number of carboxylic acid groups (broad SMARTS) is 1. The topological polar surface area (TPSA) is 72.6 Å². The molecule has 0 spiro atoms. The normalized spacial score (nSPS) is 10.8. The third-order valence-corrected chi connectivity index (χ3v) is 3.20. The fourth-order valence-electron chi connectivity index (χ4n) is 1.98. The molecule has 6 heteroatoms. The van der Waals surface area contributed by atoms with Crippen LogP contribution in [0, 0.1) is 0 Å². The molecule has 1 heterocycles. The maximum Gasteiger partial charge on any atom is 0.341 e. The lowest BCUT2D eigenvalue weighted by molar-refractivity contribution is 0.0694. The first-order chi connectivity index (χ1) is 9.47. The third-order valence-electron chi connectivity index (χ3n) is 2.89. The van der Waals surface area contributed by atoms with E-state index in [4.69, 9.17) is 20.9 Å². The maximum atomic E-state index is 11.5. The first-order valence-electron chi connectivity index (χ1n) is 6.03. The summed E-state index contributed by atoms with van der Waals surface area (Å²) in [5, 5.41) is 13.7. The highest BCUT2D eigenvalue weighted by Crippen LogP contribution is 2.39. The molecular weight excluding hydrogens is 282 g/mol. The second-order valence-corrected chi connectivity index (χ2v) is 4.95. The second kappa shape index (κ2) is 5.54. The lowest BCUT2D eigenvalue weighted by Crippen LogP contribution is -2.03. The van der Waals surface area contributed by atoms with Gasteiger partial charge in [0.05, 0.1) is 17.7 Å². The van der Waals surface area contributed by atoms with Gasteiger partial charge in [-0.05, 0) is 12.1 Å². The van der Waals surface area contributed by atoms with Crippen LogP contribution in [0.25, 0.3) is 11.3 Å². The van der Waals surface area contributed by atoms with E-state index in [-0.39, 0.29) is 17.2 Å². The minimum Gasteiger partial charge on any atom is -0.496 e. The van der Waals surface area contributed by atoms with E-state index >= 15 is 0 Å². The molecule has 0 radical (unpaired) electrons. The number of benzene rings is 1. The molecular formula is C14H14ClNO4. The first-order valence-corrected chi connectivity index (χ1v) is 6.40. The monoisotopic (exact) mass is 295 g/mol. The predicted molar refractivity (Wildman–Crippen MR) is 74.5 cm³/mol. The number of hydrogen-bond acceptors (Lipinski definition) is 4. The zero-order valence-corrected chi connectivity index (χ0v) is 12.1. The molecule has 0 aliphatic heterocycles. The number of nitrogens with zero attached hydrogens (tertiary/aromatic N) is 1. The number of halogens is 1. The fraction of sp³-hybridized carbons (Fsp3) is 0.286. The predicted octanol–water partition coefficient (Wildman–Crippen LogP) is 3.83. The Balaban J connectivity index is 2.74. The Morgan fingerprint density at radius 1 is 1.45 bits per heavy atom. The van der Waals surface area contributed by atoms with Gasteiger partial charge >= 0.3 is 5.97 Å². The molecule has 2 aromatic rings. The molecule has 0 saturated heterocycles. The van der Waals surface area contributed by atoms with Crippen LogP contribution in [0.1, 0.15) is 35.9 Å². The summed E-state index contributed by atoms with van der Waals surface area (Å²) < 4.78 is 10.4. The largest absolute Gasteiger partial charge is 0.496 e. The van der Waals surface area contributed by atoms with Crippen molar-refractivity contribution in [2.24, 2.45) is 0 Å². The summed E-state index contributed by atoms with van der Waals surface area (Å²) in [6.07, 6.45) is 0. The summed E-state index contributed by atoms with van der Waals surface area (Å²) in [6, 6.07) is 5.06. The molecule has 0 unspecified atom stereocenters. The Kier molecular flexibility index (Phi) is 3.99. The van der Waals surface area contributed by atoms with Gasteiger partial charge in [0, 0.05) is 5.92 Å². The van der Waals surface area contributed by atoms with Crippen molar-refractivity contribution >= 4 is 17.6 Å². The van der Waals surface area contributed by atoms with Gasteiger partial charge in [0.15, 0.2) is 5.76 Å². The molecule has 0 atom stereocenters. The molecule has 106 valence electrons. The van der Waals surface area contributed by atoms with Gasteiger partial charge in [0.25, 0.3) is 0 Å². The van der Waals surface area contributed by atoms with Crippen LogP contribution in [0.4, 0.5) is 0 Å². The molecule has 0 bridgehead atoms. The highest BCUT2D eigenvalue weighted by Gasteiger charge is 2.28. The highest BCUT2D eigenvalue weighted by molar-refractivity contribution is 6.33. The van der Waals surface area contributed by atoms with E-state index in [1.54, 1.807) is 18.2 Å². The molecule has 2 rings (SSSR count). The van der Waals surface area contributed by atoms with Gasteiger partial charge in [-0.1, -0.05) is 36.7 Å². The smallest absolute Gasteiger partial charge is 0.341 e. The molecule has 0 amide bonds. The van der Waals surface area contributed by atoms with Crippen molar-refractivity contribution in [1.29, 1.82) is 0 Å². The molecule has 1 N–H and O–H groups in total. The van der Waals surface area contributed by atoms with Crippen molar-refractivity contribution in [3.8, 4) is 17.0 Å². The van der Waals surface area contributed by atoms with Crippen LogP contribution in [0.3, 0.4) is 0 Å². The van der Waals surface area contributed by atoms with Gasteiger partial charge < -0.3 is 14.4 Å². The number of carbonyl (C=O) groups is 1. The summed E-state index contributed by atoms with van der Waals surface area (Å²) in [7, 11) is 1.49. The number of aromatic nitrogens is 1. The van der Waals surface area contributed by atoms with E-state index in [2.05, 4.69) is 5.16 Å². The molecule has 20 heavy (non-hydrogen) atoms. The quantitative estimate of drug-likeness (QED) is 0.928. The van der Waals surface area contributed by atoms with Gasteiger partial charge in [-0.3, -0.25) is 0 Å². The van der Waals surface area contributed by atoms with Gasteiger partial charge in [-0.15, -0.1) is 0 Å². The van der Waals surface area contributed by atoms with E-state index in [9.17, 15) is 9.90 Å². The molecule has 0 aliphatic rings. The number of aromatic carboxylic acids is 1. The molecule has 1 aromatic carbocycles. The summed E-state index contributed by atoms with van der Waals surface area (Å²) in [6.45, 7) is 3.67. The van der Waals surface area contributed by atoms with E-state index in [0.717, 1.165) is 0 Å². The SMILES string of the molecule is COc1cccc(Cl)c1-c1noc(C(C)C)c1C(=O)O. The summed E-state index contributed by atoms with van der Waals surface area (Å²) >= 11 is 6.15. The van der Waals surface area contributed by atoms with Gasteiger partial charge in [0.2, 0.25) is 0 Å². The van der Waals surface area contributed by atoms with Crippen LogP contribution in [-0.4, -0.2) is 23.3 Å². The first kappa shape index (κ1) is 14.4. The number of rotatable bonds is 4. The number of hydrogen-bond donors (Lipinski definition) is 1. The van der Waals surface area contributed by atoms with Crippen molar-refractivity contribution in [3.63, 3.8) is 0 Å². The number of methoxy groups -OCH3 is 1. The Morgan fingerprint density at radius 3 is 2.70 bits per heavy atom. The van der Waals surface area contributed by atoms with Crippen molar-refractivity contribution in [1.82, 2.24) is 5.16 Å². The zero-order chi connectivity index (χ0) is 14.9. The van der Waals surface area contributed by atoms with Crippen molar-refractivity contribution in [2.75, 3.05) is 7.11 Å². The summed E-state index contributed by atoms with van der Waals surface area (Å²) in [5.74, 6) is -0.444. The number of carboxylic acids is 1. The lowest BCUT2D eigenvalue weighted by Gasteiger charge is -2.08. The van der Waals surface area contributed by atoms with Crippen LogP contribution >= 0.6 is 11.6 Å². The summed E-state index contributed by atoms with van der Waals surface area (Å²) in [5.41, 5.74) is 0.625. The molecule has 5 nitrogen and oxygen atoms in total. The zero-order valence-electron chi connectivity index (χ0n) is 11.3. The Bertz CT molecular complexity index is 649. The molecule has 0 fully saturated rings. The van der Waals surface area contributed by atoms with Gasteiger partial charge in [0.1, 0.15) is 17.0 Å². The van der Waals surface area contributed by atoms with Gasteiger partial charge in [-0.2, -0.15) is 0 Å². The maximum absolute atomic E-state index is 11.5. The van der Waals surface area contributed by atoms with Crippen LogP contribution < -0.4 is 4.74 Å². The van der Waals surface area contributed by atoms with E-state index in [1.807, 2.05) is 13.8 Å². The van der Waals surface area contributed by atoms with Crippen molar-refractivity contribution in [2.45, 2.75) is 19.8 Å². The second-order valence-electron chi connectivity index (χ2n) is 4.55. The van der Waals surface area contributed by atoms with E-state index in [1.165, 1.54) is 7.11 Å². The van der Waals surface area contributed by atoms with Gasteiger partial charge in [-0.25, -0.2) is 4.79 Å². The Morgan fingerprint density at radius 2 is 2.15 bits per heavy atom. The molecule has 0 saturated carbocycles. The van der Waals surface area contributed by atoms with Crippen LogP contribution in [0.2, 0.25) is 5.02 Å². The van der Waals surface area contributed by atoms with E-state index < -0.39 is 5.97 Å². The van der Waals surface area contributed by atoms with Crippen LogP contribution in [0.15, 0.2) is 22.7 Å². The average molecular weight is 296 g/mol. The summed E-state index contributed by atoms with van der Waals surface area (Å²) in [4.78, 5) is 11.5. The minimum absolute atomic E-state index is 0.0198. The van der Waals surface area contributed by atoms with E-state index in [0.29, 0.717) is 22.1 Å². The Hall–Kier alpha value is -2.01. The standard InChI is InChI=1S/C14H14ClNO4/c1-7(2)13-11(14(17)18)12(16-20-13)10-8(15)5-4-6-9(10)19-3/h4-7H,1-3H3,(H,17,18). The van der Waals surface area contributed by atoms with Crippen molar-refractivity contribution in [3.05, 3.63) is 34.5 Å². The molecule has 1 aromatic heterocycles.